The van der Waals surface area contributed by atoms with Crippen molar-refractivity contribution in [1.82, 2.24) is 15.2 Å². The van der Waals surface area contributed by atoms with E-state index in [0.717, 1.165) is 27.5 Å². The second-order valence-electron chi connectivity index (χ2n) is 6.13. The van der Waals surface area contributed by atoms with Crippen molar-refractivity contribution in [2.75, 3.05) is 19.0 Å². The monoisotopic (exact) mass is 362 g/mol. The molecule has 5 nitrogen and oxygen atoms in total. The first-order valence-electron chi connectivity index (χ1n) is 8.29. The van der Waals surface area contributed by atoms with Crippen molar-refractivity contribution >= 4 is 17.0 Å². The maximum absolute atomic E-state index is 5.82. The van der Waals surface area contributed by atoms with Gasteiger partial charge in [0.25, 0.3) is 0 Å². The van der Waals surface area contributed by atoms with E-state index >= 15 is 0 Å². The second-order valence-corrected chi connectivity index (χ2v) is 6.99. The zero-order valence-corrected chi connectivity index (χ0v) is 15.4. The van der Waals surface area contributed by atoms with Crippen LogP contribution in [0.1, 0.15) is 11.6 Å². The molecule has 4 aromatic rings. The van der Waals surface area contributed by atoms with E-state index in [4.69, 9.17) is 4.42 Å². The Morgan fingerprint density at radius 3 is 2.42 bits per heavy atom. The molecule has 2 heterocycles. The first-order chi connectivity index (χ1) is 12.7. The number of hydrogen-bond acceptors (Lipinski definition) is 6. The van der Waals surface area contributed by atoms with Crippen LogP contribution in [0, 0.1) is 0 Å². The molecule has 0 aliphatic rings. The number of aromatic nitrogens is 3. The van der Waals surface area contributed by atoms with Gasteiger partial charge in [-0.25, -0.2) is 4.98 Å². The lowest BCUT2D eigenvalue weighted by atomic mass is 10.2. The highest BCUT2D eigenvalue weighted by Crippen LogP contribution is 2.25. The van der Waals surface area contributed by atoms with Gasteiger partial charge in [-0.15, -0.1) is 21.5 Å². The Kier molecular flexibility index (Phi) is 4.50. The molecule has 0 aliphatic carbocycles. The first-order valence-corrected chi connectivity index (χ1v) is 9.17. The average Bonchev–Trinajstić information content (AvgIpc) is 3.33. The molecule has 0 atom stereocenters. The van der Waals surface area contributed by atoms with Gasteiger partial charge in [-0.1, -0.05) is 30.3 Å². The fraction of sp³-hybridized carbons (Fsp3) is 0.150. The molecule has 2 aromatic heterocycles. The summed E-state index contributed by atoms with van der Waals surface area (Å²) < 4.78 is 5.82. The highest BCUT2D eigenvalue weighted by Gasteiger charge is 2.12. The van der Waals surface area contributed by atoms with E-state index < -0.39 is 0 Å². The van der Waals surface area contributed by atoms with Crippen molar-refractivity contribution in [3.05, 3.63) is 71.6 Å². The van der Waals surface area contributed by atoms with Gasteiger partial charge < -0.3 is 9.32 Å². The van der Waals surface area contributed by atoms with Crippen molar-refractivity contribution in [1.29, 1.82) is 0 Å². The van der Waals surface area contributed by atoms with Crippen molar-refractivity contribution in [3.63, 3.8) is 0 Å². The molecular formula is C20H18N4OS. The summed E-state index contributed by atoms with van der Waals surface area (Å²) in [4.78, 5) is 6.73. The van der Waals surface area contributed by atoms with Gasteiger partial charge in [-0.3, -0.25) is 0 Å². The number of nitrogens with zero attached hydrogens (tertiary/aromatic N) is 4. The maximum atomic E-state index is 5.82. The Balaban J connectivity index is 1.49. The van der Waals surface area contributed by atoms with E-state index in [1.807, 2.05) is 61.9 Å². The van der Waals surface area contributed by atoms with Gasteiger partial charge >= 0.3 is 0 Å². The van der Waals surface area contributed by atoms with Gasteiger partial charge in [-0.2, -0.15) is 0 Å². The molecule has 0 saturated carbocycles. The van der Waals surface area contributed by atoms with Crippen molar-refractivity contribution in [2.45, 2.75) is 6.42 Å². The summed E-state index contributed by atoms with van der Waals surface area (Å²) in [5.41, 5.74) is 4.10. The van der Waals surface area contributed by atoms with Crippen LogP contribution < -0.4 is 4.90 Å². The van der Waals surface area contributed by atoms with Gasteiger partial charge in [0.1, 0.15) is 5.01 Å². The molecule has 0 aliphatic heterocycles. The molecule has 0 radical (unpaired) electrons. The molecule has 6 heteroatoms. The molecule has 0 unspecified atom stereocenters. The lowest BCUT2D eigenvalue weighted by Gasteiger charge is -2.11. The van der Waals surface area contributed by atoms with Crippen LogP contribution in [0.15, 0.2) is 64.4 Å². The molecule has 26 heavy (non-hydrogen) atoms. The van der Waals surface area contributed by atoms with E-state index in [1.165, 1.54) is 0 Å². The SMILES string of the molecule is CN(C)c1ccc(-c2nnc(Cc3csc(-c4ccccc4)n3)o2)cc1. The Morgan fingerprint density at radius 2 is 1.69 bits per heavy atom. The summed E-state index contributed by atoms with van der Waals surface area (Å²) in [6.45, 7) is 0. The van der Waals surface area contributed by atoms with E-state index in [2.05, 4.69) is 32.2 Å². The van der Waals surface area contributed by atoms with Gasteiger partial charge in [0.2, 0.25) is 11.8 Å². The quantitative estimate of drug-likeness (QED) is 0.522. The van der Waals surface area contributed by atoms with E-state index in [-0.39, 0.29) is 0 Å². The van der Waals surface area contributed by atoms with Gasteiger partial charge in [0, 0.05) is 36.3 Å². The van der Waals surface area contributed by atoms with Crippen LogP contribution in [0.5, 0.6) is 0 Å². The van der Waals surface area contributed by atoms with Crippen LogP contribution in [0.2, 0.25) is 0 Å². The lowest BCUT2D eigenvalue weighted by molar-refractivity contribution is 0.516. The molecule has 0 saturated heterocycles. The first kappa shape index (κ1) is 16.5. The third kappa shape index (κ3) is 3.50. The molecule has 0 N–H and O–H groups in total. The van der Waals surface area contributed by atoms with Crippen LogP contribution in [0.4, 0.5) is 5.69 Å². The Labute approximate surface area is 156 Å². The molecule has 0 amide bonds. The van der Waals surface area contributed by atoms with E-state index in [9.17, 15) is 0 Å². The highest BCUT2D eigenvalue weighted by molar-refractivity contribution is 7.13. The minimum absolute atomic E-state index is 0.531. The second kappa shape index (κ2) is 7.09. The van der Waals surface area contributed by atoms with Crippen LogP contribution >= 0.6 is 11.3 Å². The van der Waals surface area contributed by atoms with Crippen molar-refractivity contribution in [2.24, 2.45) is 0 Å². The van der Waals surface area contributed by atoms with Crippen LogP contribution in [-0.2, 0) is 6.42 Å². The van der Waals surface area contributed by atoms with Gasteiger partial charge in [0.15, 0.2) is 0 Å². The standard InChI is InChI=1S/C20H18N4OS/c1-24(2)17-10-8-14(9-11-17)19-23-22-18(25-19)12-16-13-26-20(21-16)15-6-4-3-5-7-15/h3-11,13H,12H2,1-2H3. The minimum atomic E-state index is 0.531. The molecule has 130 valence electrons. The van der Waals surface area contributed by atoms with Crippen LogP contribution in [0.25, 0.3) is 22.0 Å². The maximum Gasteiger partial charge on any atom is 0.247 e. The Hall–Kier alpha value is -2.99. The topological polar surface area (TPSA) is 55.1 Å². The number of anilines is 1. The zero-order chi connectivity index (χ0) is 17.9. The fourth-order valence-corrected chi connectivity index (χ4v) is 3.43. The van der Waals surface area contributed by atoms with E-state index in [0.29, 0.717) is 18.2 Å². The molecule has 0 fully saturated rings. The molecule has 4 rings (SSSR count). The molecule has 0 spiro atoms. The lowest BCUT2D eigenvalue weighted by Crippen LogP contribution is -2.07. The molecule has 0 bridgehead atoms. The Morgan fingerprint density at radius 1 is 0.923 bits per heavy atom. The average molecular weight is 362 g/mol. The third-order valence-corrected chi connectivity index (χ3v) is 4.94. The summed E-state index contributed by atoms with van der Waals surface area (Å²) in [7, 11) is 4.02. The normalized spacial score (nSPS) is 10.8. The number of rotatable bonds is 5. The van der Waals surface area contributed by atoms with Gasteiger partial charge in [-0.05, 0) is 24.3 Å². The van der Waals surface area contributed by atoms with Crippen molar-refractivity contribution in [3.8, 4) is 22.0 Å². The number of thiazole rings is 1. The smallest absolute Gasteiger partial charge is 0.247 e. The molecular weight excluding hydrogens is 344 g/mol. The van der Waals surface area contributed by atoms with Crippen molar-refractivity contribution < 1.29 is 4.42 Å². The van der Waals surface area contributed by atoms with Crippen LogP contribution in [0.3, 0.4) is 0 Å². The predicted octanol–water partition coefficient (Wildman–Crippen LogP) is 4.52. The zero-order valence-electron chi connectivity index (χ0n) is 14.6. The van der Waals surface area contributed by atoms with Gasteiger partial charge in [0.05, 0.1) is 12.1 Å². The summed E-state index contributed by atoms with van der Waals surface area (Å²) in [6.07, 6.45) is 0.534. The summed E-state index contributed by atoms with van der Waals surface area (Å²) in [5, 5.41) is 11.4. The van der Waals surface area contributed by atoms with Crippen LogP contribution in [-0.4, -0.2) is 29.3 Å². The number of benzene rings is 2. The third-order valence-electron chi connectivity index (χ3n) is 4.00. The van der Waals surface area contributed by atoms with E-state index in [1.54, 1.807) is 11.3 Å². The predicted molar refractivity (Wildman–Crippen MR) is 104 cm³/mol. The number of hydrogen-bond donors (Lipinski definition) is 0. The minimum Gasteiger partial charge on any atom is -0.420 e. The largest absolute Gasteiger partial charge is 0.420 e. The fourth-order valence-electron chi connectivity index (χ4n) is 2.60. The highest BCUT2D eigenvalue weighted by atomic mass is 32.1. The summed E-state index contributed by atoms with van der Waals surface area (Å²) in [6, 6.07) is 18.2. The summed E-state index contributed by atoms with van der Waals surface area (Å²) in [5.74, 6) is 1.10. The summed E-state index contributed by atoms with van der Waals surface area (Å²) >= 11 is 1.62. The Bertz CT molecular complexity index is 990. The molecule has 2 aromatic carbocycles.